The second-order valence-corrected chi connectivity index (χ2v) is 5.23. The van der Waals surface area contributed by atoms with E-state index in [0.717, 1.165) is 19.5 Å². The van der Waals surface area contributed by atoms with Crippen molar-refractivity contribution in [3.63, 3.8) is 0 Å². The van der Waals surface area contributed by atoms with Gasteiger partial charge in [-0.05, 0) is 35.6 Å². The van der Waals surface area contributed by atoms with Gasteiger partial charge in [0.1, 0.15) is 0 Å². The van der Waals surface area contributed by atoms with Crippen LogP contribution in [0.3, 0.4) is 0 Å². The highest BCUT2D eigenvalue weighted by molar-refractivity contribution is 7.09. The van der Waals surface area contributed by atoms with Crippen LogP contribution in [0.5, 0.6) is 0 Å². The van der Waals surface area contributed by atoms with Crippen molar-refractivity contribution in [1.82, 2.24) is 5.32 Å². The predicted octanol–water partition coefficient (Wildman–Crippen LogP) is 2.87. The lowest BCUT2D eigenvalue weighted by Gasteiger charge is -2.05. The largest absolute Gasteiger partial charge is 0.465 e. The molecule has 0 aliphatic carbocycles. The van der Waals surface area contributed by atoms with Gasteiger partial charge in [-0.15, -0.1) is 11.3 Å². The topological polar surface area (TPSA) is 38.3 Å². The molecule has 4 heteroatoms. The summed E-state index contributed by atoms with van der Waals surface area (Å²) in [7, 11) is 1.39. The molecule has 100 valence electrons. The van der Waals surface area contributed by atoms with Crippen LogP contribution in [0.4, 0.5) is 0 Å². The van der Waals surface area contributed by atoms with Gasteiger partial charge in [-0.1, -0.05) is 18.2 Å². The number of thiophene rings is 1. The van der Waals surface area contributed by atoms with Crippen molar-refractivity contribution in [2.45, 2.75) is 13.0 Å². The molecular weight excluding hydrogens is 258 g/mol. The number of rotatable bonds is 6. The molecule has 19 heavy (non-hydrogen) atoms. The van der Waals surface area contributed by atoms with Crippen LogP contribution in [0, 0.1) is 0 Å². The maximum atomic E-state index is 11.3. The highest BCUT2D eigenvalue weighted by atomic mass is 32.1. The summed E-state index contributed by atoms with van der Waals surface area (Å²) < 4.78 is 4.66. The van der Waals surface area contributed by atoms with E-state index in [1.807, 2.05) is 12.1 Å². The van der Waals surface area contributed by atoms with Crippen LogP contribution in [-0.4, -0.2) is 19.6 Å². The maximum Gasteiger partial charge on any atom is 0.337 e. The molecule has 1 aromatic heterocycles. The first-order chi connectivity index (χ1) is 9.29. The van der Waals surface area contributed by atoms with Crippen LogP contribution in [0.2, 0.25) is 0 Å². The molecule has 1 aromatic carbocycles. The summed E-state index contributed by atoms with van der Waals surface area (Å²) in [4.78, 5) is 12.7. The number of carbonyl (C=O) groups is 1. The minimum atomic E-state index is -0.294. The van der Waals surface area contributed by atoms with Gasteiger partial charge in [-0.25, -0.2) is 4.79 Å². The van der Waals surface area contributed by atoms with Crippen molar-refractivity contribution in [2.75, 3.05) is 13.7 Å². The van der Waals surface area contributed by atoms with E-state index in [1.165, 1.54) is 17.6 Å². The molecule has 0 aliphatic rings. The fourth-order valence-corrected chi connectivity index (χ4v) is 2.48. The molecule has 3 nitrogen and oxygen atoms in total. The zero-order valence-corrected chi connectivity index (χ0v) is 11.7. The Labute approximate surface area is 117 Å². The van der Waals surface area contributed by atoms with Crippen LogP contribution in [0.1, 0.15) is 20.8 Å². The SMILES string of the molecule is COC(=O)c1ccc(CNCCc2cccs2)cc1. The van der Waals surface area contributed by atoms with Gasteiger partial charge in [0.2, 0.25) is 0 Å². The van der Waals surface area contributed by atoms with Crippen molar-refractivity contribution in [3.05, 3.63) is 57.8 Å². The van der Waals surface area contributed by atoms with E-state index in [4.69, 9.17) is 0 Å². The average molecular weight is 275 g/mol. The van der Waals surface area contributed by atoms with Gasteiger partial charge in [0.05, 0.1) is 12.7 Å². The Morgan fingerprint density at radius 1 is 1.26 bits per heavy atom. The quantitative estimate of drug-likeness (QED) is 0.651. The number of hydrogen-bond acceptors (Lipinski definition) is 4. The Morgan fingerprint density at radius 3 is 2.68 bits per heavy atom. The molecule has 0 bridgehead atoms. The highest BCUT2D eigenvalue weighted by Gasteiger charge is 2.03. The molecule has 2 rings (SSSR count). The van der Waals surface area contributed by atoms with Gasteiger partial charge < -0.3 is 10.1 Å². The third-order valence-electron chi connectivity index (χ3n) is 2.83. The van der Waals surface area contributed by atoms with E-state index in [-0.39, 0.29) is 5.97 Å². The van der Waals surface area contributed by atoms with Crippen molar-refractivity contribution in [2.24, 2.45) is 0 Å². The summed E-state index contributed by atoms with van der Waals surface area (Å²) in [5.41, 5.74) is 1.75. The molecule has 0 radical (unpaired) electrons. The summed E-state index contributed by atoms with van der Waals surface area (Å²) in [6.07, 6.45) is 1.05. The maximum absolute atomic E-state index is 11.3. The van der Waals surface area contributed by atoms with Crippen molar-refractivity contribution in [1.29, 1.82) is 0 Å². The number of nitrogens with one attached hydrogen (secondary N) is 1. The lowest BCUT2D eigenvalue weighted by Crippen LogP contribution is -2.16. The smallest absolute Gasteiger partial charge is 0.337 e. The number of carbonyl (C=O) groups excluding carboxylic acids is 1. The van der Waals surface area contributed by atoms with Crippen LogP contribution in [-0.2, 0) is 17.7 Å². The summed E-state index contributed by atoms with van der Waals surface area (Å²) in [6.45, 7) is 1.77. The van der Waals surface area contributed by atoms with E-state index in [9.17, 15) is 4.79 Å². The summed E-state index contributed by atoms with van der Waals surface area (Å²) in [6, 6.07) is 11.7. The fourth-order valence-electron chi connectivity index (χ4n) is 1.78. The molecule has 0 saturated heterocycles. The van der Waals surface area contributed by atoms with Crippen LogP contribution in [0.15, 0.2) is 41.8 Å². The van der Waals surface area contributed by atoms with Gasteiger partial charge >= 0.3 is 5.97 Å². The molecule has 0 fully saturated rings. The zero-order chi connectivity index (χ0) is 13.5. The highest BCUT2D eigenvalue weighted by Crippen LogP contribution is 2.09. The van der Waals surface area contributed by atoms with Crippen molar-refractivity contribution in [3.8, 4) is 0 Å². The number of methoxy groups -OCH3 is 1. The Morgan fingerprint density at radius 2 is 2.05 bits per heavy atom. The number of benzene rings is 1. The standard InChI is InChI=1S/C15H17NO2S/c1-18-15(17)13-6-4-12(5-7-13)11-16-9-8-14-3-2-10-19-14/h2-7,10,16H,8-9,11H2,1H3. The molecule has 2 aromatic rings. The average Bonchev–Trinajstić information content (AvgIpc) is 2.96. The van der Waals surface area contributed by atoms with Gasteiger partial charge in [0, 0.05) is 18.0 Å². The summed E-state index contributed by atoms with van der Waals surface area (Å²) in [5.74, 6) is -0.294. The van der Waals surface area contributed by atoms with Crippen LogP contribution in [0.25, 0.3) is 0 Å². The zero-order valence-electron chi connectivity index (χ0n) is 10.9. The van der Waals surface area contributed by atoms with Gasteiger partial charge in [-0.2, -0.15) is 0 Å². The summed E-state index contributed by atoms with van der Waals surface area (Å²) >= 11 is 1.79. The Hall–Kier alpha value is -1.65. The van der Waals surface area contributed by atoms with E-state index in [1.54, 1.807) is 23.5 Å². The van der Waals surface area contributed by atoms with E-state index in [0.29, 0.717) is 5.56 Å². The minimum Gasteiger partial charge on any atom is -0.465 e. The third kappa shape index (κ3) is 4.19. The Kier molecular flexibility index (Phi) is 5.12. The Bertz CT molecular complexity index is 505. The molecule has 0 spiro atoms. The number of hydrogen-bond donors (Lipinski definition) is 1. The Balaban J connectivity index is 1.75. The monoisotopic (exact) mass is 275 g/mol. The number of esters is 1. The first kappa shape index (κ1) is 13.8. The lowest BCUT2D eigenvalue weighted by molar-refractivity contribution is 0.0600. The van der Waals surface area contributed by atoms with E-state index in [2.05, 4.69) is 27.6 Å². The van der Waals surface area contributed by atoms with Crippen molar-refractivity contribution < 1.29 is 9.53 Å². The van der Waals surface area contributed by atoms with Crippen LogP contribution >= 0.6 is 11.3 Å². The minimum absolute atomic E-state index is 0.294. The van der Waals surface area contributed by atoms with Gasteiger partial charge in [0.15, 0.2) is 0 Å². The van der Waals surface area contributed by atoms with E-state index >= 15 is 0 Å². The normalized spacial score (nSPS) is 10.4. The van der Waals surface area contributed by atoms with Gasteiger partial charge in [0.25, 0.3) is 0 Å². The fraction of sp³-hybridized carbons (Fsp3) is 0.267. The molecule has 0 unspecified atom stereocenters. The van der Waals surface area contributed by atoms with Gasteiger partial charge in [-0.3, -0.25) is 0 Å². The third-order valence-corrected chi connectivity index (χ3v) is 3.77. The van der Waals surface area contributed by atoms with E-state index < -0.39 is 0 Å². The predicted molar refractivity (Wildman–Crippen MR) is 77.5 cm³/mol. The van der Waals surface area contributed by atoms with Crippen LogP contribution < -0.4 is 5.32 Å². The molecule has 0 aliphatic heterocycles. The first-order valence-corrected chi connectivity index (χ1v) is 7.08. The molecular formula is C15H17NO2S. The lowest BCUT2D eigenvalue weighted by atomic mass is 10.1. The molecule has 0 amide bonds. The molecule has 1 heterocycles. The number of ether oxygens (including phenoxy) is 1. The molecule has 1 N–H and O–H groups in total. The summed E-state index contributed by atoms with van der Waals surface area (Å²) in [5, 5.41) is 5.49. The molecule has 0 saturated carbocycles. The van der Waals surface area contributed by atoms with Crippen molar-refractivity contribution >= 4 is 17.3 Å². The molecule has 0 atom stereocenters. The second-order valence-electron chi connectivity index (χ2n) is 4.19. The first-order valence-electron chi connectivity index (χ1n) is 6.20. The second kappa shape index (κ2) is 7.07.